The Labute approximate surface area is 118 Å². The van der Waals surface area contributed by atoms with Crippen molar-refractivity contribution in [2.24, 2.45) is 11.8 Å². The van der Waals surface area contributed by atoms with Crippen molar-refractivity contribution in [3.8, 4) is 0 Å². The number of hydrogen-bond donors (Lipinski definition) is 1. The minimum Gasteiger partial charge on any atom is -0.477 e. The van der Waals surface area contributed by atoms with Gasteiger partial charge in [0.2, 0.25) is 0 Å². The molecule has 2 atom stereocenters. The summed E-state index contributed by atoms with van der Waals surface area (Å²) in [6.45, 7) is 3.22. The normalized spacial score (nSPS) is 20.9. The monoisotopic (exact) mass is 270 g/mol. The van der Waals surface area contributed by atoms with Crippen molar-refractivity contribution in [1.82, 2.24) is 4.98 Å². The second-order valence-corrected chi connectivity index (χ2v) is 5.70. The van der Waals surface area contributed by atoms with Gasteiger partial charge in [-0.15, -0.1) is 0 Å². The maximum atomic E-state index is 11.2. The molecule has 1 fully saturated rings. The topological polar surface area (TPSA) is 53.4 Å². The van der Waals surface area contributed by atoms with E-state index in [1.54, 1.807) is 6.07 Å². The summed E-state index contributed by atoms with van der Waals surface area (Å²) in [5, 5.41) is 10.2. The van der Waals surface area contributed by atoms with Gasteiger partial charge in [0.15, 0.2) is 5.69 Å². The van der Waals surface area contributed by atoms with Crippen molar-refractivity contribution in [2.75, 3.05) is 18.5 Å². The maximum absolute atomic E-state index is 11.2. The lowest BCUT2D eigenvalue weighted by molar-refractivity contribution is 0.0691. The number of aromatic carboxylic acids is 1. The van der Waals surface area contributed by atoms with Gasteiger partial charge in [-0.05, 0) is 30.4 Å². The molecule has 4 heteroatoms. The number of carboxylic acid groups (broad SMARTS) is 1. The van der Waals surface area contributed by atoms with E-state index in [4.69, 9.17) is 0 Å². The van der Waals surface area contributed by atoms with Crippen molar-refractivity contribution in [3.05, 3.63) is 36.0 Å². The Balaban J connectivity index is 2.04. The van der Waals surface area contributed by atoms with E-state index in [0.717, 1.165) is 35.0 Å². The summed E-state index contributed by atoms with van der Waals surface area (Å²) in [5.74, 6) is 0.523. The Morgan fingerprint density at radius 3 is 2.80 bits per heavy atom. The van der Waals surface area contributed by atoms with Crippen LogP contribution in [0.5, 0.6) is 0 Å². The number of fused-ring (bicyclic) bond motifs is 1. The third-order valence-electron chi connectivity index (χ3n) is 4.11. The van der Waals surface area contributed by atoms with Crippen molar-refractivity contribution in [3.63, 3.8) is 0 Å². The van der Waals surface area contributed by atoms with Crippen molar-refractivity contribution >= 4 is 22.6 Å². The summed E-state index contributed by atoms with van der Waals surface area (Å²) in [5.41, 5.74) is 1.79. The lowest BCUT2D eigenvalue weighted by Crippen LogP contribution is -2.21. The quantitative estimate of drug-likeness (QED) is 0.927. The molecule has 1 N–H and O–H groups in total. The highest BCUT2D eigenvalue weighted by molar-refractivity contribution is 5.97. The average molecular weight is 270 g/mol. The smallest absolute Gasteiger partial charge is 0.354 e. The first-order chi connectivity index (χ1) is 9.56. The van der Waals surface area contributed by atoms with Crippen LogP contribution in [0.4, 0.5) is 5.69 Å². The van der Waals surface area contributed by atoms with Gasteiger partial charge in [0.25, 0.3) is 0 Å². The summed E-state index contributed by atoms with van der Waals surface area (Å²) in [4.78, 5) is 17.6. The van der Waals surface area contributed by atoms with Crippen LogP contribution in [0.2, 0.25) is 0 Å². The van der Waals surface area contributed by atoms with Gasteiger partial charge in [0, 0.05) is 24.7 Å². The van der Waals surface area contributed by atoms with Gasteiger partial charge in [0.1, 0.15) is 0 Å². The van der Waals surface area contributed by atoms with E-state index in [0.29, 0.717) is 0 Å². The Morgan fingerprint density at radius 1 is 1.45 bits per heavy atom. The Kier molecular flexibility index (Phi) is 3.08. The third-order valence-corrected chi connectivity index (χ3v) is 4.11. The number of rotatable bonds is 4. The fourth-order valence-electron chi connectivity index (χ4n) is 2.69. The molecule has 0 amide bonds. The van der Waals surface area contributed by atoms with Crippen molar-refractivity contribution in [2.45, 2.75) is 13.3 Å². The average Bonchev–Trinajstić information content (AvgIpc) is 3.12. The van der Waals surface area contributed by atoms with Gasteiger partial charge in [0.05, 0.1) is 5.52 Å². The second kappa shape index (κ2) is 4.78. The summed E-state index contributed by atoms with van der Waals surface area (Å²) in [6, 6.07) is 9.38. The number of benzene rings is 1. The highest BCUT2D eigenvalue weighted by atomic mass is 16.4. The number of hydrogen-bond acceptors (Lipinski definition) is 3. The molecule has 1 heterocycles. The summed E-state index contributed by atoms with van der Waals surface area (Å²) in [6.07, 6.45) is 1.26. The van der Waals surface area contributed by atoms with E-state index in [2.05, 4.69) is 16.8 Å². The van der Waals surface area contributed by atoms with Crippen LogP contribution in [0.3, 0.4) is 0 Å². The van der Waals surface area contributed by atoms with Gasteiger partial charge >= 0.3 is 5.97 Å². The number of pyridine rings is 1. The highest BCUT2D eigenvalue weighted by Crippen LogP contribution is 2.39. The SMILES string of the molecule is CC1CC1CN(C)c1cc(C(=O)O)nc2ccccc12. The third kappa shape index (κ3) is 2.33. The van der Waals surface area contributed by atoms with E-state index in [1.165, 1.54) is 6.42 Å². The molecule has 4 nitrogen and oxygen atoms in total. The molecular formula is C16H18N2O2. The molecular weight excluding hydrogens is 252 g/mol. The second-order valence-electron chi connectivity index (χ2n) is 5.70. The molecule has 1 aromatic carbocycles. The molecule has 1 aromatic heterocycles. The van der Waals surface area contributed by atoms with Gasteiger partial charge in [-0.1, -0.05) is 25.1 Å². The molecule has 0 radical (unpaired) electrons. The molecule has 1 aliphatic carbocycles. The first kappa shape index (κ1) is 12.9. The van der Waals surface area contributed by atoms with Crippen molar-refractivity contribution in [1.29, 1.82) is 0 Å². The van der Waals surface area contributed by atoms with Crippen LogP contribution in [-0.2, 0) is 0 Å². The molecule has 3 rings (SSSR count). The Morgan fingerprint density at radius 2 is 2.15 bits per heavy atom. The van der Waals surface area contributed by atoms with Crippen LogP contribution >= 0.6 is 0 Å². The number of carbonyl (C=O) groups is 1. The van der Waals surface area contributed by atoms with Crippen LogP contribution in [0.15, 0.2) is 30.3 Å². The first-order valence-electron chi connectivity index (χ1n) is 6.90. The minimum absolute atomic E-state index is 0.106. The molecule has 1 aliphatic rings. The fourth-order valence-corrected chi connectivity index (χ4v) is 2.69. The molecule has 20 heavy (non-hydrogen) atoms. The van der Waals surface area contributed by atoms with E-state index in [9.17, 15) is 9.90 Å². The van der Waals surface area contributed by atoms with Gasteiger partial charge in [-0.25, -0.2) is 9.78 Å². The Bertz CT molecular complexity index is 669. The molecule has 0 spiro atoms. The lowest BCUT2D eigenvalue weighted by atomic mass is 10.1. The summed E-state index contributed by atoms with van der Waals surface area (Å²) in [7, 11) is 2.03. The Hall–Kier alpha value is -2.10. The van der Waals surface area contributed by atoms with E-state index < -0.39 is 5.97 Å². The number of nitrogens with zero attached hydrogens (tertiary/aromatic N) is 2. The maximum Gasteiger partial charge on any atom is 0.354 e. The zero-order chi connectivity index (χ0) is 14.3. The molecule has 2 unspecified atom stereocenters. The van der Waals surface area contributed by atoms with E-state index in [1.807, 2.05) is 31.3 Å². The van der Waals surface area contributed by atoms with Crippen LogP contribution in [0.1, 0.15) is 23.8 Å². The lowest BCUT2D eigenvalue weighted by Gasteiger charge is -2.21. The number of carboxylic acids is 1. The minimum atomic E-state index is -0.981. The van der Waals surface area contributed by atoms with Gasteiger partial charge in [-0.3, -0.25) is 0 Å². The summed E-state index contributed by atoms with van der Waals surface area (Å²) < 4.78 is 0. The zero-order valence-corrected chi connectivity index (χ0v) is 11.7. The van der Waals surface area contributed by atoms with E-state index in [-0.39, 0.29) is 5.69 Å². The standard InChI is InChI=1S/C16H18N2O2/c1-10-7-11(10)9-18(2)15-8-14(16(19)20)17-13-6-4-3-5-12(13)15/h3-6,8,10-11H,7,9H2,1-2H3,(H,19,20). The molecule has 0 bridgehead atoms. The van der Waals surface area contributed by atoms with Crippen LogP contribution in [0.25, 0.3) is 10.9 Å². The number of para-hydroxylation sites is 1. The highest BCUT2D eigenvalue weighted by Gasteiger charge is 2.33. The summed E-state index contributed by atoms with van der Waals surface area (Å²) >= 11 is 0. The van der Waals surface area contributed by atoms with Gasteiger partial charge in [-0.2, -0.15) is 0 Å². The van der Waals surface area contributed by atoms with Crippen molar-refractivity contribution < 1.29 is 9.90 Å². The zero-order valence-electron chi connectivity index (χ0n) is 11.7. The number of aromatic nitrogens is 1. The molecule has 0 saturated heterocycles. The van der Waals surface area contributed by atoms with Gasteiger partial charge < -0.3 is 10.0 Å². The predicted octanol–water partition coefficient (Wildman–Crippen LogP) is 3.03. The first-order valence-corrected chi connectivity index (χ1v) is 6.90. The van der Waals surface area contributed by atoms with Crippen LogP contribution < -0.4 is 4.90 Å². The molecule has 2 aromatic rings. The molecule has 0 aliphatic heterocycles. The van der Waals surface area contributed by atoms with E-state index >= 15 is 0 Å². The fraction of sp³-hybridized carbons (Fsp3) is 0.375. The largest absolute Gasteiger partial charge is 0.477 e. The van der Waals surface area contributed by atoms with Crippen LogP contribution in [-0.4, -0.2) is 29.7 Å². The van der Waals surface area contributed by atoms with Crippen LogP contribution in [0, 0.1) is 11.8 Å². The number of anilines is 1. The molecule has 1 saturated carbocycles. The molecule has 104 valence electrons. The predicted molar refractivity (Wildman–Crippen MR) is 79.2 cm³/mol.